The topological polar surface area (TPSA) is 45.0 Å². The molecule has 92 valence electrons. The van der Waals surface area contributed by atoms with E-state index in [1.165, 1.54) is 5.56 Å². The summed E-state index contributed by atoms with van der Waals surface area (Å²) in [5.74, 6) is 0.829. The van der Waals surface area contributed by atoms with Gasteiger partial charge >= 0.3 is 0 Å². The normalized spacial score (nSPS) is 12.2. The Bertz CT molecular complexity index is 382. The van der Waals surface area contributed by atoms with Gasteiger partial charge in [0.2, 0.25) is 0 Å². The molecule has 0 aliphatic heterocycles. The zero-order chi connectivity index (χ0) is 12.7. The zero-order valence-corrected chi connectivity index (χ0v) is 10.7. The number of ether oxygens (including phenoxy) is 1. The molecule has 0 aromatic heterocycles. The van der Waals surface area contributed by atoms with Crippen LogP contribution in [0.5, 0.6) is 5.75 Å². The second kappa shape index (κ2) is 6.93. The summed E-state index contributed by atoms with van der Waals surface area (Å²) in [6, 6.07) is 10.2. The summed E-state index contributed by atoms with van der Waals surface area (Å²) in [6.45, 7) is 6.52. The fourth-order valence-corrected chi connectivity index (χ4v) is 1.56. The molecule has 0 radical (unpaired) electrons. The number of nitriles is 1. The highest BCUT2D eigenvalue weighted by Gasteiger charge is 2.09. The maximum atomic E-state index is 8.96. The summed E-state index contributed by atoms with van der Waals surface area (Å²) in [7, 11) is 0. The van der Waals surface area contributed by atoms with E-state index in [4.69, 9.17) is 10.00 Å². The first-order valence-corrected chi connectivity index (χ1v) is 6.03. The van der Waals surface area contributed by atoms with Gasteiger partial charge in [-0.1, -0.05) is 19.1 Å². The van der Waals surface area contributed by atoms with Crippen molar-refractivity contribution < 1.29 is 4.74 Å². The lowest BCUT2D eigenvalue weighted by Gasteiger charge is -2.15. The average Bonchev–Trinajstić information content (AvgIpc) is 2.34. The van der Waals surface area contributed by atoms with Gasteiger partial charge in [-0.05, 0) is 38.0 Å². The number of benzene rings is 1. The fourth-order valence-electron chi connectivity index (χ4n) is 1.56. The molecule has 0 aliphatic carbocycles. The molecule has 0 fully saturated rings. The van der Waals surface area contributed by atoms with E-state index in [2.05, 4.69) is 24.4 Å². The van der Waals surface area contributed by atoms with Crippen molar-refractivity contribution >= 4 is 0 Å². The largest absolute Gasteiger partial charge is 0.491 e. The summed E-state index contributed by atoms with van der Waals surface area (Å²) in [6.07, 6.45) is 0.989. The minimum absolute atomic E-state index is 0.264. The molecule has 0 bridgehead atoms. The Morgan fingerprint density at radius 2 is 2.18 bits per heavy atom. The van der Waals surface area contributed by atoms with Crippen molar-refractivity contribution in [1.29, 1.82) is 5.26 Å². The number of hydrogen-bond donors (Lipinski definition) is 1. The van der Waals surface area contributed by atoms with E-state index in [9.17, 15) is 0 Å². The highest BCUT2D eigenvalue weighted by atomic mass is 16.5. The second-order valence-electron chi connectivity index (χ2n) is 4.32. The lowest BCUT2D eigenvalue weighted by atomic mass is 10.2. The third-order valence-electron chi connectivity index (χ3n) is 2.41. The SMILES string of the molecule is CCc1cccc(OCC(C#N)NC(C)C)c1. The summed E-state index contributed by atoms with van der Waals surface area (Å²) in [5, 5.41) is 12.1. The molecule has 1 N–H and O–H groups in total. The maximum absolute atomic E-state index is 8.96. The van der Waals surface area contributed by atoms with Gasteiger partial charge in [-0.3, -0.25) is 5.32 Å². The molecule has 0 amide bonds. The van der Waals surface area contributed by atoms with Crippen LogP contribution in [0, 0.1) is 11.3 Å². The van der Waals surface area contributed by atoms with Crippen LogP contribution in [0.15, 0.2) is 24.3 Å². The van der Waals surface area contributed by atoms with Crippen LogP contribution in [0.25, 0.3) is 0 Å². The molecule has 1 aromatic carbocycles. The third kappa shape index (κ3) is 4.88. The minimum atomic E-state index is -0.264. The van der Waals surface area contributed by atoms with Gasteiger partial charge in [-0.2, -0.15) is 5.26 Å². The quantitative estimate of drug-likeness (QED) is 0.819. The first kappa shape index (κ1) is 13.5. The van der Waals surface area contributed by atoms with Crippen LogP contribution < -0.4 is 10.1 Å². The van der Waals surface area contributed by atoms with Crippen molar-refractivity contribution in [2.45, 2.75) is 39.3 Å². The molecule has 3 nitrogen and oxygen atoms in total. The van der Waals surface area contributed by atoms with Crippen molar-refractivity contribution in [2.75, 3.05) is 6.61 Å². The Labute approximate surface area is 103 Å². The van der Waals surface area contributed by atoms with Gasteiger partial charge in [0.1, 0.15) is 18.4 Å². The number of hydrogen-bond acceptors (Lipinski definition) is 3. The standard InChI is InChI=1S/C14H20N2O/c1-4-12-6-5-7-14(8-12)17-10-13(9-15)16-11(2)3/h5-8,11,13,16H,4,10H2,1-3H3. The third-order valence-corrected chi connectivity index (χ3v) is 2.41. The molecule has 17 heavy (non-hydrogen) atoms. The second-order valence-corrected chi connectivity index (χ2v) is 4.32. The van der Waals surface area contributed by atoms with E-state index in [-0.39, 0.29) is 12.1 Å². The van der Waals surface area contributed by atoms with Crippen LogP contribution in [-0.4, -0.2) is 18.7 Å². The Hall–Kier alpha value is -1.53. The number of aryl methyl sites for hydroxylation is 1. The monoisotopic (exact) mass is 232 g/mol. The lowest BCUT2D eigenvalue weighted by Crippen LogP contribution is -2.37. The molecule has 3 heteroatoms. The molecule has 0 heterocycles. The molecule has 0 aliphatic rings. The Kier molecular flexibility index (Phi) is 5.51. The molecule has 1 unspecified atom stereocenters. The van der Waals surface area contributed by atoms with E-state index in [0.717, 1.165) is 12.2 Å². The van der Waals surface area contributed by atoms with Crippen molar-refractivity contribution in [3.8, 4) is 11.8 Å². The average molecular weight is 232 g/mol. The Morgan fingerprint density at radius 1 is 1.41 bits per heavy atom. The van der Waals surface area contributed by atoms with Gasteiger partial charge < -0.3 is 4.74 Å². The van der Waals surface area contributed by atoms with Crippen LogP contribution in [0.2, 0.25) is 0 Å². The lowest BCUT2D eigenvalue weighted by molar-refractivity contribution is 0.282. The van der Waals surface area contributed by atoms with Crippen molar-refractivity contribution in [3.05, 3.63) is 29.8 Å². The first-order chi connectivity index (χ1) is 8.15. The van der Waals surface area contributed by atoms with Gasteiger partial charge in [0.15, 0.2) is 0 Å². The number of rotatable bonds is 6. The van der Waals surface area contributed by atoms with E-state index in [0.29, 0.717) is 6.61 Å². The fraction of sp³-hybridized carbons (Fsp3) is 0.500. The van der Waals surface area contributed by atoms with E-state index < -0.39 is 0 Å². The van der Waals surface area contributed by atoms with Crippen LogP contribution in [0.1, 0.15) is 26.3 Å². The van der Waals surface area contributed by atoms with Crippen LogP contribution in [0.4, 0.5) is 0 Å². The summed E-state index contributed by atoms with van der Waals surface area (Å²) < 4.78 is 5.62. The van der Waals surface area contributed by atoms with Gasteiger partial charge in [-0.25, -0.2) is 0 Å². The highest BCUT2D eigenvalue weighted by Crippen LogP contribution is 2.13. The van der Waals surface area contributed by atoms with Crippen molar-refractivity contribution in [2.24, 2.45) is 0 Å². The molecular formula is C14H20N2O. The van der Waals surface area contributed by atoms with Crippen LogP contribution in [0.3, 0.4) is 0 Å². The molecule has 1 rings (SSSR count). The summed E-state index contributed by atoms with van der Waals surface area (Å²) in [5.41, 5.74) is 1.24. The van der Waals surface area contributed by atoms with Crippen LogP contribution in [-0.2, 0) is 6.42 Å². The molecule has 0 saturated carbocycles. The maximum Gasteiger partial charge on any atom is 0.130 e. The van der Waals surface area contributed by atoms with Gasteiger partial charge in [-0.15, -0.1) is 0 Å². The zero-order valence-electron chi connectivity index (χ0n) is 10.7. The summed E-state index contributed by atoms with van der Waals surface area (Å²) >= 11 is 0. The predicted molar refractivity (Wildman–Crippen MR) is 69.0 cm³/mol. The smallest absolute Gasteiger partial charge is 0.130 e. The van der Waals surface area contributed by atoms with Crippen molar-refractivity contribution in [1.82, 2.24) is 5.32 Å². The predicted octanol–water partition coefficient (Wildman–Crippen LogP) is 2.52. The minimum Gasteiger partial charge on any atom is -0.491 e. The van der Waals surface area contributed by atoms with Gasteiger partial charge in [0, 0.05) is 6.04 Å². The molecule has 0 saturated heterocycles. The molecule has 0 spiro atoms. The Balaban J connectivity index is 2.51. The first-order valence-electron chi connectivity index (χ1n) is 6.03. The molecular weight excluding hydrogens is 212 g/mol. The Morgan fingerprint density at radius 3 is 2.76 bits per heavy atom. The van der Waals surface area contributed by atoms with Gasteiger partial charge in [0.25, 0.3) is 0 Å². The van der Waals surface area contributed by atoms with Gasteiger partial charge in [0.05, 0.1) is 6.07 Å². The highest BCUT2D eigenvalue weighted by molar-refractivity contribution is 5.28. The van der Waals surface area contributed by atoms with E-state index in [1.807, 2.05) is 32.0 Å². The number of nitrogens with one attached hydrogen (secondary N) is 1. The molecule has 1 atom stereocenters. The number of nitrogens with zero attached hydrogens (tertiary/aromatic N) is 1. The van der Waals surface area contributed by atoms with Crippen molar-refractivity contribution in [3.63, 3.8) is 0 Å². The molecule has 1 aromatic rings. The van der Waals surface area contributed by atoms with E-state index in [1.54, 1.807) is 0 Å². The summed E-state index contributed by atoms with van der Waals surface area (Å²) in [4.78, 5) is 0. The van der Waals surface area contributed by atoms with Crippen LogP contribution >= 0.6 is 0 Å². The van der Waals surface area contributed by atoms with E-state index >= 15 is 0 Å².